The Labute approximate surface area is 130 Å². The zero-order valence-electron chi connectivity index (χ0n) is 13.0. The number of hydrogen-bond acceptors (Lipinski definition) is 5. The third-order valence-electron chi connectivity index (χ3n) is 4.70. The third kappa shape index (κ3) is 3.58. The molecule has 2 fully saturated rings. The fourth-order valence-corrected chi connectivity index (χ4v) is 3.29. The maximum atomic E-state index is 12.3. The Balaban J connectivity index is 1.45. The van der Waals surface area contributed by atoms with E-state index in [1.54, 1.807) is 0 Å². The second-order valence-electron chi connectivity index (χ2n) is 6.40. The van der Waals surface area contributed by atoms with Crippen LogP contribution in [-0.4, -0.2) is 51.4 Å². The van der Waals surface area contributed by atoms with E-state index in [0.29, 0.717) is 24.8 Å². The smallest absolute Gasteiger partial charge is 0.317 e. The van der Waals surface area contributed by atoms with Crippen molar-refractivity contribution < 1.29 is 14.4 Å². The first-order valence-electron chi connectivity index (χ1n) is 8.15. The van der Waals surface area contributed by atoms with Crippen LogP contribution in [0.25, 0.3) is 0 Å². The molecule has 7 heteroatoms. The number of carbonyl (C=O) groups excluding carboxylic acids is 1. The molecule has 22 heavy (non-hydrogen) atoms. The highest BCUT2D eigenvalue weighted by Gasteiger charge is 2.29. The van der Waals surface area contributed by atoms with E-state index in [1.165, 1.54) is 0 Å². The van der Waals surface area contributed by atoms with Gasteiger partial charge in [-0.1, -0.05) is 5.16 Å². The van der Waals surface area contributed by atoms with E-state index in [2.05, 4.69) is 15.5 Å². The van der Waals surface area contributed by atoms with Crippen molar-refractivity contribution in [2.45, 2.75) is 63.5 Å². The van der Waals surface area contributed by atoms with E-state index in [-0.39, 0.29) is 24.1 Å². The van der Waals surface area contributed by atoms with Gasteiger partial charge in [0.1, 0.15) is 0 Å². The molecule has 2 heterocycles. The number of amides is 2. The normalized spacial score (nSPS) is 26.9. The van der Waals surface area contributed by atoms with Crippen molar-refractivity contribution in [2.75, 3.05) is 13.1 Å². The van der Waals surface area contributed by atoms with E-state index in [0.717, 1.165) is 38.5 Å². The number of hydrogen-bond donors (Lipinski definition) is 2. The van der Waals surface area contributed by atoms with Crippen LogP contribution in [0.4, 0.5) is 4.79 Å². The average molecular weight is 308 g/mol. The summed E-state index contributed by atoms with van der Waals surface area (Å²) in [7, 11) is 0. The van der Waals surface area contributed by atoms with Crippen LogP contribution >= 0.6 is 0 Å². The first-order valence-corrected chi connectivity index (χ1v) is 8.15. The van der Waals surface area contributed by atoms with Gasteiger partial charge in [0.25, 0.3) is 0 Å². The molecule has 2 amide bonds. The van der Waals surface area contributed by atoms with E-state index >= 15 is 0 Å². The lowest BCUT2D eigenvalue weighted by molar-refractivity contribution is 0.113. The maximum absolute atomic E-state index is 12.3. The SMILES string of the molecule is Cc1noc(C2CCN(C(=O)NC3CCC(O)CC3)CC2)n1. The zero-order valence-corrected chi connectivity index (χ0v) is 13.0. The third-order valence-corrected chi connectivity index (χ3v) is 4.70. The molecule has 1 aliphatic heterocycles. The molecule has 1 saturated heterocycles. The molecule has 0 aromatic carbocycles. The van der Waals surface area contributed by atoms with Crippen molar-refractivity contribution in [3.05, 3.63) is 11.7 Å². The quantitative estimate of drug-likeness (QED) is 0.865. The van der Waals surface area contributed by atoms with Crippen LogP contribution in [0.15, 0.2) is 4.52 Å². The molecule has 0 spiro atoms. The number of aromatic nitrogens is 2. The molecule has 122 valence electrons. The fourth-order valence-electron chi connectivity index (χ4n) is 3.29. The van der Waals surface area contributed by atoms with Gasteiger partial charge in [-0.2, -0.15) is 4.98 Å². The first kappa shape index (κ1) is 15.3. The Hall–Kier alpha value is -1.63. The average Bonchev–Trinajstić information content (AvgIpc) is 2.96. The van der Waals surface area contributed by atoms with Crippen LogP contribution in [-0.2, 0) is 0 Å². The fraction of sp³-hybridized carbons (Fsp3) is 0.800. The predicted octanol–water partition coefficient (Wildman–Crippen LogP) is 1.57. The number of piperidine rings is 1. The minimum Gasteiger partial charge on any atom is -0.393 e. The van der Waals surface area contributed by atoms with Gasteiger partial charge in [0.2, 0.25) is 5.89 Å². The standard InChI is InChI=1S/C15H24N4O3/c1-10-16-14(22-18-10)11-6-8-19(9-7-11)15(21)17-12-2-4-13(20)5-3-12/h11-13,20H,2-9H2,1H3,(H,17,21). The second kappa shape index (κ2) is 6.64. The summed E-state index contributed by atoms with van der Waals surface area (Å²) in [5.74, 6) is 1.61. The molecule has 1 aromatic heterocycles. The second-order valence-corrected chi connectivity index (χ2v) is 6.40. The highest BCUT2D eigenvalue weighted by Crippen LogP contribution is 2.27. The Morgan fingerprint density at radius 3 is 2.50 bits per heavy atom. The number of rotatable bonds is 2. The van der Waals surface area contributed by atoms with Crippen molar-refractivity contribution in [1.82, 2.24) is 20.4 Å². The highest BCUT2D eigenvalue weighted by atomic mass is 16.5. The number of aliphatic hydroxyl groups is 1. The Bertz CT molecular complexity index is 503. The molecule has 0 radical (unpaired) electrons. The van der Waals surface area contributed by atoms with Crippen LogP contribution < -0.4 is 5.32 Å². The van der Waals surface area contributed by atoms with Gasteiger partial charge in [-0.25, -0.2) is 4.79 Å². The van der Waals surface area contributed by atoms with Crippen LogP contribution in [0.2, 0.25) is 0 Å². The van der Waals surface area contributed by atoms with Crippen molar-refractivity contribution in [3.63, 3.8) is 0 Å². The largest absolute Gasteiger partial charge is 0.393 e. The Morgan fingerprint density at radius 2 is 1.91 bits per heavy atom. The van der Waals surface area contributed by atoms with E-state index in [9.17, 15) is 9.90 Å². The summed E-state index contributed by atoms with van der Waals surface area (Å²) >= 11 is 0. The molecule has 2 N–H and O–H groups in total. The molecule has 1 aliphatic carbocycles. The Kier molecular flexibility index (Phi) is 4.61. The van der Waals surface area contributed by atoms with Crippen LogP contribution in [0, 0.1) is 6.92 Å². The number of carbonyl (C=O) groups is 1. The van der Waals surface area contributed by atoms with Crippen molar-refractivity contribution >= 4 is 6.03 Å². The van der Waals surface area contributed by atoms with E-state index in [1.807, 2.05) is 11.8 Å². The van der Waals surface area contributed by atoms with Crippen LogP contribution in [0.3, 0.4) is 0 Å². The summed E-state index contributed by atoms with van der Waals surface area (Å²) in [5, 5.41) is 16.4. The number of likely N-dealkylation sites (tertiary alicyclic amines) is 1. The summed E-state index contributed by atoms with van der Waals surface area (Å²) in [6.07, 6.45) is 4.82. The lowest BCUT2D eigenvalue weighted by atomic mass is 9.93. The number of nitrogens with one attached hydrogen (secondary N) is 1. The van der Waals surface area contributed by atoms with Crippen molar-refractivity contribution in [3.8, 4) is 0 Å². The van der Waals surface area contributed by atoms with Gasteiger partial charge < -0.3 is 19.8 Å². The number of nitrogens with zero attached hydrogens (tertiary/aromatic N) is 3. The van der Waals surface area contributed by atoms with Gasteiger partial charge in [0.15, 0.2) is 5.82 Å². The highest BCUT2D eigenvalue weighted by molar-refractivity contribution is 5.74. The van der Waals surface area contributed by atoms with Gasteiger partial charge in [-0.05, 0) is 45.4 Å². The maximum Gasteiger partial charge on any atom is 0.317 e. The zero-order chi connectivity index (χ0) is 15.5. The van der Waals surface area contributed by atoms with E-state index in [4.69, 9.17) is 4.52 Å². The topological polar surface area (TPSA) is 91.5 Å². The lowest BCUT2D eigenvalue weighted by Gasteiger charge is -2.33. The van der Waals surface area contributed by atoms with Gasteiger partial charge >= 0.3 is 6.03 Å². The molecule has 0 atom stereocenters. The molecule has 2 aliphatic rings. The Morgan fingerprint density at radius 1 is 1.23 bits per heavy atom. The molecule has 3 rings (SSSR count). The summed E-state index contributed by atoms with van der Waals surface area (Å²) in [5.41, 5.74) is 0. The van der Waals surface area contributed by atoms with Crippen LogP contribution in [0.1, 0.15) is 56.2 Å². The number of aliphatic hydroxyl groups excluding tert-OH is 1. The summed E-state index contributed by atoms with van der Waals surface area (Å²) in [4.78, 5) is 18.4. The number of aryl methyl sites for hydroxylation is 1. The summed E-state index contributed by atoms with van der Waals surface area (Å²) < 4.78 is 5.23. The molecule has 1 aromatic rings. The van der Waals surface area contributed by atoms with E-state index < -0.39 is 0 Å². The molecule has 7 nitrogen and oxygen atoms in total. The van der Waals surface area contributed by atoms with Gasteiger partial charge in [0, 0.05) is 25.0 Å². The summed E-state index contributed by atoms with van der Waals surface area (Å²) in [6, 6.07) is 0.216. The van der Waals surface area contributed by atoms with Gasteiger partial charge in [-0.3, -0.25) is 0 Å². The molecule has 0 unspecified atom stereocenters. The minimum atomic E-state index is -0.193. The van der Waals surface area contributed by atoms with Crippen LogP contribution in [0.5, 0.6) is 0 Å². The molecule has 1 saturated carbocycles. The number of urea groups is 1. The molecular formula is C15H24N4O3. The summed E-state index contributed by atoms with van der Waals surface area (Å²) in [6.45, 7) is 3.25. The van der Waals surface area contributed by atoms with Gasteiger partial charge in [-0.15, -0.1) is 0 Å². The lowest BCUT2D eigenvalue weighted by Crippen LogP contribution is -2.48. The molecule has 0 bridgehead atoms. The monoisotopic (exact) mass is 308 g/mol. The van der Waals surface area contributed by atoms with Crippen molar-refractivity contribution in [2.24, 2.45) is 0 Å². The predicted molar refractivity (Wildman–Crippen MR) is 79.4 cm³/mol. The minimum absolute atomic E-state index is 0.0153. The first-order chi connectivity index (χ1) is 10.6. The molecular weight excluding hydrogens is 284 g/mol. The van der Waals surface area contributed by atoms with Gasteiger partial charge in [0.05, 0.1) is 6.10 Å². The van der Waals surface area contributed by atoms with Crippen molar-refractivity contribution in [1.29, 1.82) is 0 Å².